The number of carbonyl (C=O) groups is 1. The van der Waals surface area contributed by atoms with Crippen molar-refractivity contribution >= 4 is 23.4 Å². The van der Waals surface area contributed by atoms with Gasteiger partial charge in [-0.1, -0.05) is 74.6 Å². The van der Waals surface area contributed by atoms with Crippen LogP contribution in [0.4, 0.5) is 4.39 Å². The second-order valence-corrected chi connectivity index (χ2v) is 12.7. The van der Waals surface area contributed by atoms with Crippen molar-refractivity contribution in [1.29, 1.82) is 0 Å². The molecule has 0 radical (unpaired) electrons. The molecule has 0 unspecified atom stereocenters. The number of carbonyl (C=O) groups excluding carboxylic acids is 1. The van der Waals surface area contributed by atoms with Crippen molar-refractivity contribution in [3.05, 3.63) is 139 Å². The SMILES string of the molecule is COC(=O)C1=C(C)N=c2s/c(=C\c3cn(-c4ccccc4)nc3-c3ccc(F)cc3)c(=O)n2[C@H]1c1ccc(C(C)(C)C)cc1. The summed E-state index contributed by atoms with van der Waals surface area (Å²) in [5.74, 6) is -0.883. The maximum atomic E-state index is 14.2. The van der Waals surface area contributed by atoms with E-state index in [4.69, 9.17) is 9.84 Å². The Hall–Kier alpha value is -4.89. The smallest absolute Gasteiger partial charge is 0.338 e. The van der Waals surface area contributed by atoms with Gasteiger partial charge in [0.2, 0.25) is 0 Å². The molecule has 0 saturated carbocycles. The fourth-order valence-corrected chi connectivity index (χ4v) is 6.39. The van der Waals surface area contributed by atoms with Gasteiger partial charge < -0.3 is 4.74 Å². The second-order valence-electron chi connectivity index (χ2n) is 11.7. The van der Waals surface area contributed by atoms with E-state index in [1.807, 2.05) is 60.8 Å². The number of hydrogen-bond acceptors (Lipinski definition) is 6. The van der Waals surface area contributed by atoms with Gasteiger partial charge in [0, 0.05) is 17.3 Å². The second kappa shape index (κ2) is 11.3. The van der Waals surface area contributed by atoms with Crippen LogP contribution in [0, 0.1) is 5.82 Å². The molecule has 6 rings (SSSR count). The minimum Gasteiger partial charge on any atom is -0.466 e. The number of fused-ring (bicyclic) bond motifs is 1. The molecule has 0 N–H and O–H groups in total. The minimum absolute atomic E-state index is 0.0592. The Bertz CT molecular complexity index is 2080. The molecule has 0 spiro atoms. The number of hydrogen-bond donors (Lipinski definition) is 0. The third kappa shape index (κ3) is 5.35. The van der Waals surface area contributed by atoms with E-state index in [1.54, 1.807) is 34.4 Å². The van der Waals surface area contributed by atoms with Crippen molar-refractivity contribution < 1.29 is 13.9 Å². The maximum absolute atomic E-state index is 14.2. The molecule has 0 aliphatic carbocycles. The van der Waals surface area contributed by atoms with Crippen molar-refractivity contribution in [2.75, 3.05) is 7.11 Å². The lowest BCUT2D eigenvalue weighted by Gasteiger charge is -2.25. The monoisotopic (exact) mass is 606 g/mol. The fourth-order valence-electron chi connectivity index (χ4n) is 5.35. The summed E-state index contributed by atoms with van der Waals surface area (Å²) in [5.41, 5.74) is 5.22. The van der Waals surface area contributed by atoms with Crippen LogP contribution >= 0.6 is 11.3 Å². The van der Waals surface area contributed by atoms with Gasteiger partial charge in [0.15, 0.2) is 4.80 Å². The van der Waals surface area contributed by atoms with E-state index in [0.29, 0.717) is 37.4 Å². The summed E-state index contributed by atoms with van der Waals surface area (Å²) in [4.78, 5) is 32.4. The van der Waals surface area contributed by atoms with Crippen molar-refractivity contribution in [2.45, 2.75) is 39.2 Å². The first-order chi connectivity index (χ1) is 21.0. The fraction of sp³-hybridized carbons (Fsp3) is 0.200. The number of rotatable bonds is 5. The molecule has 44 heavy (non-hydrogen) atoms. The van der Waals surface area contributed by atoms with E-state index in [0.717, 1.165) is 16.8 Å². The molecular weight excluding hydrogens is 575 g/mol. The first-order valence-corrected chi connectivity index (χ1v) is 15.0. The van der Waals surface area contributed by atoms with Crippen molar-refractivity contribution in [3.63, 3.8) is 0 Å². The van der Waals surface area contributed by atoms with E-state index in [9.17, 15) is 14.0 Å². The van der Waals surface area contributed by atoms with Gasteiger partial charge in [-0.05, 0) is 65.9 Å². The van der Waals surface area contributed by atoms with Gasteiger partial charge in [-0.3, -0.25) is 9.36 Å². The molecule has 2 aromatic heterocycles. The van der Waals surface area contributed by atoms with Crippen LogP contribution in [0.15, 0.2) is 106 Å². The van der Waals surface area contributed by atoms with Gasteiger partial charge in [-0.2, -0.15) is 5.10 Å². The van der Waals surface area contributed by atoms with Crippen LogP contribution in [0.1, 0.15) is 50.4 Å². The topological polar surface area (TPSA) is 78.5 Å². The van der Waals surface area contributed by atoms with Crippen LogP contribution in [0.25, 0.3) is 23.0 Å². The highest BCUT2D eigenvalue weighted by Crippen LogP contribution is 2.32. The molecule has 9 heteroatoms. The lowest BCUT2D eigenvalue weighted by atomic mass is 9.85. The highest BCUT2D eigenvalue weighted by atomic mass is 32.1. The Morgan fingerprint density at radius 2 is 1.68 bits per heavy atom. The van der Waals surface area contributed by atoms with Gasteiger partial charge in [0.1, 0.15) is 11.5 Å². The number of thiazole rings is 1. The summed E-state index contributed by atoms with van der Waals surface area (Å²) < 4.78 is 22.7. The summed E-state index contributed by atoms with van der Waals surface area (Å²) in [6, 6.07) is 23.0. The summed E-state index contributed by atoms with van der Waals surface area (Å²) in [6.07, 6.45) is 3.63. The molecule has 0 amide bonds. The molecule has 3 aromatic carbocycles. The highest BCUT2D eigenvalue weighted by molar-refractivity contribution is 7.07. The number of allylic oxidation sites excluding steroid dienone is 1. The van der Waals surface area contributed by atoms with E-state index < -0.39 is 12.0 Å². The normalized spacial score (nSPS) is 15.2. The molecule has 1 aliphatic heterocycles. The predicted molar refractivity (Wildman–Crippen MR) is 170 cm³/mol. The lowest BCUT2D eigenvalue weighted by molar-refractivity contribution is -0.136. The number of ether oxygens (including phenoxy) is 1. The number of benzene rings is 3. The molecule has 7 nitrogen and oxygen atoms in total. The van der Waals surface area contributed by atoms with Crippen LogP contribution in [-0.4, -0.2) is 27.4 Å². The molecule has 0 fully saturated rings. The van der Waals surface area contributed by atoms with Gasteiger partial charge in [0.05, 0.1) is 34.6 Å². The zero-order valence-corrected chi connectivity index (χ0v) is 25.9. The molecular formula is C35H31FN4O3S. The first-order valence-electron chi connectivity index (χ1n) is 14.2. The van der Waals surface area contributed by atoms with Gasteiger partial charge in [-0.15, -0.1) is 0 Å². The number of aromatic nitrogens is 3. The van der Waals surface area contributed by atoms with Gasteiger partial charge in [0.25, 0.3) is 5.56 Å². The highest BCUT2D eigenvalue weighted by Gasteiger charge is 2.33. The van der Waals surface area contributed by atoms with E-state index in [1.165, 1.54) is 30.6 Å². The Morgan fingerprint density at radius 3 is 2.32 bits per heavy atom. The number of methoxy groups -OCH3 is 1. The zero-order chi connectivity index (χ0) is 31.2. The summed E-state index contributed by atoms with van der Waals surface area (Å²) in [6.45, 7) is 8.16. The molecule has 1 aliphatic rings. The predicted octanol–water partition coefficient (Wildman–Crippen LogP) is 5.70. The summed E-state index contributed by atoms with van der Waals surface area (Å²) in [5, 5.41) is 4.80. The largest absolute Gasteiger partial charge is 0.466 e. The first kappa shape index (κ1) is 29.2. The summed E-state index contributed by atoms with van der Waals surface area (Å²) >= 11 is 1.24. The van der Waals surface area contributed by atoms with Crippen molar-refractivity contribution in [2.24, 2.45) is 4.99 Å². The summed E-state index contributed by atoms with van der Waals surface area (Å²) in [7, 11) is 1.33. The maximum Gasteiger partial charge on any atom is 0.338 e. The number of esters is 1. The van der Waals surface area contributed by atoms with Crippen LogP contribution in [-0.2, 0) is 14.9 Å². The number of para-hydroxylation sites is 1. The van der Waals surface area contributed by atoms with Gasteiger partial charge in [-0.25, -0.2) is 18.9 Å². The van der Waals surface area contributed by atoms with Crippen LogP contribution in [0.3, 0.4) is 0 Å². The van der Waals surface area contributed by atoms with E-state index in [-0.39, 0.29) is 16.8 Å². The van der Waals surface area contributed by atoms with Gasteiger partial charge >= 0.3 is 5.97 Å². The average Bonchev–Trinajstić information content (AvgIpc) is 3.57. The molecule has 0 bridgehead atoms. The van der Waals surface area contributed by atoms with Crippen LogP contribution < -0.4 is 14.9 Å². The third-order valence-corrected chi connectivity index (χ3v) is 8.67. The minimum atomic E-state index is -0.710. The van der Waals surface area contributed by atoms with Crippen LogP contribution in [0.2, 0.25) is 0 Å². The van der Waals surface area contributed by atoms with Crippen LogP contribution in [0.5, 0.6) is 0 Å². The molecule has 0 saturated heterocycles. The zero-order valence-electron chi connectivity index (χ0n) is 25.0. The Kier molecular flexibility index (Phi) is 7.51. The Labute approximate surface area is 257 Å². The van der Waals surface area contributed by atoms with Crippen molar-refractivity contribution in [1.82, 2.24) is 14.3 Å². The standard InChI is InChI=1S/C35H31FN4O3S/c1-21-29(33(42)43-5)31(23-11-15-25(16-12-23)35(2,3)4)40-32(41)28(44-34(40)37-21)19-24-20-39(27-9-7-6-8-10-27)38-30(24)22-13-17-26(36)18-14-22/h6-20,31H,1-5H3/b28-19-/t31-/m0/s1. The average molecular weight is 607 g/mol. The number of nitrogens with zero attached hydrogens (tertiary/aromatic N) is 4. The quantitative estimate of drug-likeness (QED) is 0.241. The molecule has 3 heterocycles. The number of halogens is 1. The molecule has 1 atom stereocenters. The molecule has 5 aromatic rings. The van der Waals surface area contributed by atoms with E-state index in [2.05, 4.69) is 25.8 Å². The Balaban J connectivity index is 1.55. The lowest BCUT2D eigenvalue weighted by Crippen LogP contribution is -2.39. The third-order valence-electron chi connectivity index (χ3n) is 7.69. The Morgan fingerprint density at radius 1 is 1.00 bits per heavy atom. The molecule has 222 valence electrons. The van der Waals surface area contributed by atoms with E-state index >= 15 is 0 Å². The van der Waals surface area contributed by atoms with Crippen molar-refractivity contribution in [3.8, 4) is 16.9 Å².